The minimum Gasteiger partial charge on any atom is -0.497 e. The molecule has 3 rings (SSSR count). The molecular formula is C17H21N3O5S. The SMILES string of the molecule is COc1ccc(OCC(=O)NNC(=O)[C@H]2CS[C@]3(C)CCC(=O)N23)cc1. The molecule has 140 valence electrons. The van der Waals surface area contributed by atoms with Crippen molar-refractivity contribution in [2.45, 2.75) is 30.7 Å². The highest BCUT2D eigenvalue weighted by Crippen LogP contribution is 2.47. The molecule has 0 spiro atoms. The van der Waals surface area contributed by atoms with Gasteiger partial charge in [-0.25, -0.2) is 0 Å². The van der Waals surface area contributed by atoms with Gasteiger partial charge in [-0.2, -0.15) is 0 Å². The van der Waals surface area contributed by atoms with Crippen LogP contribution in [0.5, 0.6) is 11.5 Å². The second-order valence-corrected chi connectivity index (χ2v) is 7.77. The summed E-state index contributed by atoms with van der Waals surface area (Å²) in [5, 5.41) is 0. The van der Waals surface area contributed by atoms with Crippen LogP contribution in [-0.4, -0.2) is 53.0 Å². The van der Waals surface area contributed by atoms with Crippen molar-refractivity contribution >= 4 is 29.5 Å². The van der Waals surface area contributed by atoms with E-state index in [1.807, 2.05) is 6.92 Å². The number of ether oxygens (including phenoxy) is 2. The van der Waals surface area contributed by atoms with E-state index in [2.05, 4.69) is 10.9 Å². The van der Waals surface area contributed by atoms with Crippen molar-refractivity contribution in [1.29, 1.82) is 0 Å². The summed E-state index contributed by atoms with van der Waals surface area (Å²) in [5.74, 6) is 0.813. The Balaban J connectivity index is 1.45. The van der Waals surface area contributed by atoms with Gasteiger partial charge < -0.3 is 14.4 Å². The number of amides is 3. The lowest BCUT2D eigenvalue weighted by atomic mass is 10.2. The third-order valence-corrected chi connectivity index (χ3v) is 6.01. The van der Waals surface area contributed by atoms with Crippen LogP contribution in [0.2, 0.25) is 0 Å². The first kappa shape index (κ1) is 18.4. The molecule has 1 aromatic carbocycles. The number of hydrazine groups is 1. The highest BCUT2D eigenvalue weighted by atomic mass is 32.2. The van der Waals surface area contributed by atoms with Crippen LogP contribution in [0, 0.1) is 0 Å². The van der Waals surface area contributed by atoms with Crippen LogP contribution in [0.3, 0.4) is 0 Å². The molecule has 2 N–H and O–H groups in total. The van der Waals surface area contributed by atoms with E-state index in [0.29, 0.717) is 23.7 Å². The Morgan fingerprint density at radius 1 is 1.27 bits per heavy atom. The second-order valence-electron chi connectivity index (χ2n) is 6.27. The van der Waals surface area contributed by atoms with E-state index in [9.17, 15) is 14.4 Å². The number of carbonyl (C=O) groups excluding carboxylic acids is 3. The van der Waals surface area contributed by atoms with Gasteiger partial charge in [0.25, 0.3) is 11.8 Å². The summed E-state index contributed by atoms with van der Waals surface area (Å²) in [6, 6.07) is 6.23. The summed E-state index contributed by atoms with van der Waals surface area (Å²) in [4.78, 5) is 37.5. The Hall–Kier alpha value is -2.42. The Morgan fingerprint density at radius 2 is 1.96 bits per heavy atom. The normalized spacial score (nSPS) is 24.2. The van der Waals surface area contributed by atoms with Crippen LogP contribution in [0.1, 0.15) is 19.8 Å². The van der Waals surface area contributed by atoms with Crippen molar-refractivity contribution < 1.29 is 23.9 Å². The average molecular weight is 379 g/mol. The number of fused-ring (bicyclic) bond motifs is 1. The van der Waals surface area contributed by atoms with E-state index >= 15 is 0 Å². The van der Waals surface area contributed by atoms with Gasteiger partial charge in [0, 0.05) is 12.2 Å². The van der Waals surface area contributed by atoms with Crippen molar-refractivity contribution in [3.8, 4) is 11.5 Å². The zero-order valence-electron chi connectivity index (χ0n) is 14.6. The fourth-order valence-electron chi connectivity index (χ4n) is 3.09. The first-order chi connectivity index (χ1) is 12.4. The summed E-state index contributed by atoms with van der Waals surface area (Å²) < 4.78 is 10.4. The van der Waals surface area contributed by atoms with Crippen LogP contribution < -0.4 is 20.3 Å². The molecule has 2 atom stereocenters. The number of thioether (sulfide) groups is 1. The van der Waals surface area contributed by atoms with Gasteiger partial charge in [-0.1, -0.05) is 0 Å². The van der Waals surface area contributed by atoms with Crippen molar-refractivity contribution in [3.05, 3.63) is 24.3 Å². The van der Waals surface area contributed by atoms with Gasteiger partial charge in [0.2, 0.25) is 5.91 Å². The molecule has 0 radical (unpaired) electrons. The van der Waals surface area contributed by atoms with Gasteiger partial charge >= 0.3 is 0 Å². The van der Waals surface area contributed by atoms with E-state index in [1.165, 1.54) is 0 Å². The van der Waals surface area contributed by atoms with Crippen molar-refractivity contribution in [2.75, 3.05) is 19.5 Å². The lowest BCUT2D eigenvalue weighted by Gasteiger charge is -2.29. The number of rotatable bonds is 5. The Morgan fingerprint density at radius 3 is 2.65 bits per heavy atom. The van der Waals surface area contributed by atoms with Crippen LogP contribution in [0.4, 0.5) is 0 Å². The maximum atomic E-state index is 12.3. The molecule has 0 aromatic heterocycles. The third kappa shape index (κ3) is 3.72. The molecule has 2 heterocycles. The van der Waals surface area contributed by atoms with E-state index < -0.39 is 17.9 Å². The van der Waals surface area contributed by atoms with E-state index in [0.717, 1.165) is 6.42 Å². The lowest BCUT2D eigenvalue weighted by molar-refractivity contribution is -0.139. The number of methoxy groups -OCH3 is 1. The Labute approximate surface area is 155 Å². The Bertz CT molecular complexity index is 711. The quantitative estimate of drug-likeness (QED) is 0.730. The molecule has 2 fully saturated rings. The highest BCUT2D eigenvalue weighted by Gasteiger charge is 2.52. The minimum absolute atomic E-state index is 0.0215. The maximum absolute atomic E-state index is 12.3. The molecule has 26 heavy (non-hydrogen) atoms. The Kier molecular flexibility index (Phi) is 5.26. The van der Waals surface area contributed by atoms with Crippen molar-refractivity contribution in [3.63, 3.8) is 0 Å². The van der Waals surface area contributed by atoms with Crippen LogP contribution in [-0.2, 0) is 14.4 Å². The number of hydrogen-bond acceptors (Lipinski definition) is 6. The van der Waals surface area contributed by atoms with Crippen molar-refractivity contribution in [2.24, 2.45) is 0 Å². The predicted molar refractivity (Wildman–Crippen MR) is 95.5 cm³/mol. The van der Waals surface area contributed by atoms with Gasteiger partial charge in [-0.3, -0.25) is 25.2 Å². The van der Waals surface area contributed by atoms with E-state index in [4.69, 9.17) is 9.47 Å². The topological polar surface area (TPSA) is 97.0 Å². The summed E-state index contributed by atoms with van der Waals surface area (Å²) in [7, 11) is 1.56. The zero-order valence-corrected chi connectivity index (χ0v) is 15.4. The van der Waals surface area contributed by atoms with Gasteiger partial charge in [0.05, 0.1) is 12.0 Å². The molecule has 0 saturated carbocycles. The van der Waals surface area contributed by atoms with Crippen LogP contribution in [0.15, 0.2) is 24.3 Å². The molecule has 9 heteroatoms. The van der Waals surface area contributed by atoms with Gasteiger partial charge in [0.1, 0.15) is 17.5 Å². The molecule has 1 aromatic rings. The van der Waals surface area contributed by atoms with Crippen molar-refractivity contribution in [1.82, 2.24) is 15.8 Å². The number of carbonyl (C=O) groups is 3. The summed E-state index contributed by atoms with van der Waals surface area (Å²) in [6.07, 6.45) is 1.19. The van der Waals surface area contributed by atoms with Crippen LogP contribution in [0.25, 0.3) is 0 Å². The summed E-state index contributed by atoms with van der Waals surface area (Å²) in [6.45, 7) is 1.73. The predicted octanol–water partition coefficient (Wildman–Crippen LogP) is 0.675. The molecule has 2 aliphatic rings. The van der Waals surface area contributed by atoms with Crippen LogP contribution >= 0.6 is 11.8 Å². The summed E-state index contributed by atoms with van der Waals surface area (Å²) >= 11 is 1.60. The highest BCUT2D eigenvalue weighted by molar-refractivity contribution is 8.01. The number of nitrogens with one attached hydrogen (secondary N) is 2. The molecule has 2 saturated heterocycles. The molecule has 2 aliphatic heterocycles. The molecule has 0 bridgehead atoms. The zero-order chi connectivity index (χ0) is 18.7. The molecule has 0 unspecified atom stereocenters. The lowest BCUT2D eigenvalue weighted by Crippen LogP contribution is -2.54. The standard InChI is InChI=1S/C17H21N3O5S/c1-17-8-7-15(22)20(17)13(10-26-17)16(23)19-18-14(21)9-25-12-5-3-11(24-2)4-6-12/h3-6,13H,7-10H2,1-2H3,(H,18,21)(H,19,23)/t13-,17-/m1/s1. The first-order valence-electron chi connectivity index (χ1n) is 8.24. The van der Waals surface area contributed by atoms with E-state index in [1.54, 1.807) is 48.0 Å². The van der Waals surface area contributed by atoms with E-state index in [-0.39, 0.29) is 17.4 Å². The number of hydrogen-bond donors (Lipinski definition) is 2. The first-order valence-corrected chi connectivity index (χ1v) is 9.23. The van der Waals surface area contributed by atoms with Gasteiger partial charge in [0.15, 0.2) is 6.61 Å². The maximum Gasteiger partial charge on any atom is 0.276 e. The third-order valence-electron chi connectivity index (χ3n) is 4.50. The molecule has 0 aliphatic carbocycles. The largest absolute Gasteiger partial charge is 0.497 e. The number of nitrogens with zero attached hydrogens (tertiary/aromatic N) is 1. The minimum atomic E-state index is -0.567. The van der Waals surface area contributed by atoms with Gasteiger partial charge in [-0.15, -0.1) is 11.8 Å². The molecular weight excluding hydrogens is 358 g/mol. The smallest absolute Gasteiger partial charge is 0.276 e. The average Bonchev–Trinajstić information content (AvgIpc) is 3.14. The summed E-state index contributed by atoms with van der Waals surface area (Å²) in [5.41, 5.74) is 4.71. The molecule has 8 nitrogen and oxygen atoms in total. The fraction of sp³-hybridized carbons (Fsp3) is 0.471. The molecule has 3 amide bonds. The van der Waals surface area contributed by atoms with Gasteiger partial charge in [-0.05, 0) is 37.6 Å². The second kappa shape index (κ2) is 7.45. The number of benzene rings is 1. The fourth-order valence-corrected chi connectivity index (χ4v) is 4.52. The monoisotopic (exact) mass is 379 g/mol.